The summed E-state index contributed by atoms with van der Waals surface area (Å²) in [4.78, 5) is 0. The van der Waals surface area contributed by atoms with Gasteiger partial charge in [-0.15, -0.1) is 0 Å². The molecule has 0 spiro atoms. The van der Waals surface area contributed by atoms with Crippen LogP contribution >= 0.6 is 0 Å². The van der Waals surface area contributed by atoms with E-state index in [-0.39, 0.29) is 0 Å². The highest BCUT2D eigenvalue weighted by atomic mass is 14.7. The molecule has 0 aliphatic rings. The first kappa shape index (κ1) is 18.3. The molecule has 0 amide bonds. The Labute approximate surface area is 161 Å². The summed E-state index contributed by atoms with van der Waals surface area (Å²) in [6.45, 7) is 1.99. The van der Waals surface area contributed by atoms with E-state index in [2.05, 4.69) is 60.7 Å². The highest BCUT2D eigenvalue weighted by Crippen LogP contribution is 2.30. The number of nitrogen functional groups attached to an aromatic ring is 2. The molecule has 0 unspecified atom stereocenters. The molecule has 4 N–H and O–H groups in total. The van der Waals surface area contributed by atoms with Gasteiger partial charge in [-0.1, -0.05) is 97.1 Å². The van der Waals surface area contributed by atoms with Gasteiger partial charge in [-0.05, 0) is 40.8 Å². The van der Waals surface area contributed by atoms with Gasteiger partial charge < -0.3 is 11.5 Å². The van der Waals surface area contributed by atoms with Crippen molar-refractivity contribution in [2.45, 2.75) is 6.92 Å². The predicted octanol–water partition coefficient (Wildman–Crippen LogP) is 6.18. The fourth-order valence-corrected chi connectivity index (χ4v) is 2.94. The van der Waals surface area contributed by atoms with E-state index in [0.717, 1.165) is 11.1 Å². The lowest BCUT2D eigenvalue weighted by Crippen LogP contribution is -1.98. The summed E-state index contributed by atoms with van der Waals surface area (Å²) in [5.41, 5.74) is 18.9. The van der Waals surface area contributed by atoms with Crippen LogP contribution in [0.3, 0.4) is 0 Å². The van der Waals surface area contributed by atoms with Crippen molar-refractivity contribution in [3.05, 3.63) is 109 Å². The highest BCUT2D eigenvalue weighted by Gasteiger charge is 2.06. The Morgan fingerprint density at radius 2 is 0.889 bits per heavy atom. The maximum absolute atomic E-state index is 5.90. The van der Waals surface area contributed by atoms with Crippen LogP contribution in [0.2, 0.25) is 0 Å². The number of nitrogens with two attached hydrogens (primary N) is 2. The third-order valence-electron chi connectivity index (χ3n) is 4.51. The van der Waals surface area contributed by atoms with Crippen molar-refractivity contribution in [2.75, 3.05) is 11.5 Å². The van der Waals surface area contributed by atoms with Crippen molar-refractivity contribution in [3.63, 3.8) is 0 Å². The van der Waals surface area contributed by atoms with Gasteiger partial charge in [0.2, 0.25) is 0 Å². The molecule has 0 saturated heterocycles. The Balaban J connectivity index is 0.000000159. The predicted molar refractivity (Wildman–Crippen MR) is 117 cm³/mol. The first-order valence-corrected chi connectivity index (χ1v) is 8.97. The molecular formula is C25H24N2. The van der Waals surface area contributed by atoms with E-state index in [1.165, 1.54) is 16.7 Å². The summed E-state index contributed by atoms with van der Waals surface area (Å²) in [6, 6.07) is 34.8. The van der Waals surface area contributed by atoms with E-state index in [1.54, 1.807) is 0 Å². The molecule has 27 heavy (non-hydrogen) atoms. The van der Waals surface area contributed by atoms with E-state index in [4.69, 9.17) is 11.5 Å². The zero-order valence-electron chi connectivity index (χ0n) is 15.5. The summed E-state index contributed by atoms with van der Waals surface area (Å²) in [5.74, 6) is 0. The van der Waals surface area contributed by atoms with Gasteiger partial charge in [0, 0.05) is 0 Å². The Hall–Kier alpha value is -3.52. The zero-order valence-corrected chi connectivity index (χ0v) is 15.5. The summed E-state index contributed by atoms with van der Waals surface area (Å²) < 4.78 is 0. The van der Waals surface area contributed by atoms with Crippen molar-refractivity contribution in [3.8, 4) is 22.3 Å². The normalized spacial score (nSPS) is 9.96. The van der Waals surface area contributed by atoms with Crippen LogP contribution in [0.25, 0.3) is 22.3 Å². The smallest absolute Gasteiger partial charge is 0.0583 e. The molecule has 0 aromatic heterocycles. The van der Waals surface area contributed by atoms with Crippen molar-refractivity contribution in [1.29, 1.82) is 0 Å². The van der Waals surface area contributed by atoms with E-state index < -0.39 is 0 Å². The molecule has 0 aliphatic heterocycles. The van der Waals surface area contributed by atoms with Crippen LogP contribution in [0.4, 0.5) is 11.4 Å². The van der Waals surface area contributed by atoms with Crippen LogP contribution in [-0.2, 0) is 0 Å². The third kappa shape index (κ3) is 4.56. The summed E-state index contributed by atoms with van der Waals surface area (Å²) in [6.07, 6.45) is 0. The minimum absolute atomic E-state index is 0.646. The minimum atomic E-state index is 0.646. The van der Waals surface area contributed by atoms with Gasteiger partial charge >= 0.3 is 0 Å². The van der Waals surface area contributed by atoms with E-state index in [0.29, 0.717) is 11.4 Å². The molecule has 0 heterocycles. The van der Waals surface area contributed by atoms with Crippen LogP contribution in [0.1, 0.15) is 5.56 Å². The van der Waals surface area contributed by atoms with Crippen LogP contribution < -0.4 is 11.5 Å². The van der Waals surface area contributed by atoms with Gasteiger partial charge in [-0.2, -0.15) is 0 Å². The largest absolute Gasteiger partial charge is 0.397 e. The van der Waals surface area contributed by atoms with E-state index in [1.807, 2.05) is 49.4 Å². The number of hydrogen-bond acceptors (Lipinski definition) is 2. The lowest BCUT2D eigenvalue weighted by atomic mass is 9.98. The zero-order chi connectivity index (χ0) is 19.1. The lowest BCUT2D eigenvalue weighted by Gasteiger charge is -2.10. The lowest BCUT2D eigenvalue weighted by molar-refractivity contribution is 1.46. The molecule has 0 aliphatic carbocycles. The standard InChI is InChI=1S/C13H14N2.C12H10/c1-9-11(7-8-12(14)13(9)15)10-5-3-2-4-6-10;1-3-7-11(8-4-1)12-9-5-2-6-10-12/h2-8H,14-15H2,1H3;1-10H. The first-order valence-electron chi connectivity index (χ1n) is 8.97. The molecule has 0 fully saturated rings. The van der Waals surface area contributed by atoms with Gasteiger partial charge in [0.1, 0.15) is 0 Å². The maximum atomic E-state index is 5.90. The average molecular weight is 352 g/mol. The van der Waals surface area contributed by atoms with Crippen LogP contribution in [0.15, 0.2) is 103 Å². The monoisotopic (exact) mass is 352 g/mol. The molecule has 2 nitrogen and oxygen atoms in total. The van der Waals surface area contributed by atoms with Crippen LogP contribution in [-0.4, -0.2) is 0 Å². The second kappa shape index (κ2) is 8.72. The molecule has 2 heteroatoms. The molecule has 134 valence electrons. The SMILES string of the molecule is Cc1c(-c2ccccc2)ccc(N)c1N.c1ccc(-c2ccccc2)cc1. The minimum Gasteiger partial charge on any atom is -0.397 e. The van der Waals surface area contributed by atoms with Gasteiger partial charge in [0.25, 0.3) is 0 Å². The van der Waals surface area contributed by atoms with E-state index in [9.17, 15) is 0 Å². The third-order valence-corrected chi connectivity index (χ3v) is 4.51. The Kier molecular flexibility index (Phi) is 5.91. The molecule has 4 rings (SSSR count). The van der Waals surface area contributed by atoms with Crippen LogP contribution in [0.5, 0.6) is 0 Å². The van der Waals surface area contributed by atoms with Crippen molar-refractivity contribution < 1.29 is 0 Å². The maximum Gasteiger partial charge on any atom is 0.0583 e. The Morgan fingerprint density at radius 3 is 1.33 bits per heavy atom. The van der Waals surface area contributed by atoms with Crippen LogP contribution in [0, 0.1) is 6.92 Å². The van der Waals surface area contributed by atoms with Gasteiger partial charge in [0.15, 0.2) is 0 Å². The summed E-state index contributed by atoms with van der Waals surface area (Å²) in [7, 11) is 0. The quantitative estimate of drug-likeness (QED) is 0.423. The van der Waals surface area contributed by atoms with E-state index >= 15 is 0 Å². The molecule has 0 bridgehead atoms. The topological polar surface area (TPSA) is 52.0 Å². The Bertz CT molecular complexity index is 941. The molecular weight excluding hydrogens is 328 g/mol. The second-order valence-corrected chi connectivity index (χ2v) is 6.34. The summed E-state index contributed by atoms with van der Waals surface area (Å²) in [5, 5.41) is 0. The number of benzene rings is 4. The summed E-state index contributed by atoms with van der Waals surface area (Å²) >= 11 is 0. The highest BCUT2D eigenvalue weighted by molar-refractivity contribution is 5.79. The number of rotatable bonds is 2. The van der Waals surface area contributed by atoms with Crippen molar-refractivity contribution >= 4 is 11.4 Å². The molecule has 0 atom stereocenters. The number of anilines is 2. The fraction of sp³-hybridized carbons (Fsp3) is 0.0400. The second-order valence-electron chi connectivity index (χ2n) is 6.34. The molecule has 4 aromatic carbocycles. The van der Waals surface area contributed by atoms with Crippen molar-refractivity contribution in [2.24, 2.45) is 0 Å². The molecule has 0 saturated carbocycles. The average Bonchev–Trinajstić information content (AvgIpc) is 2.75. The fourth-order valence-electron chi connectivity index (χ4n) is 2.94. The van der Waals surface area contributed by atoms with Gasteiger partial charge in [-0.3, -0.25) is 0 Å². The first-order chi connectivity index (χ1) is 13.2. The van der Waals surface area contributed by atoms with Crippen molar-refractivity contribution in [1.82, 2.24) is 0 Å². The molecule has 4 aromatic rings. The van der Waals surface area contributed by atoms with Gasteiger partial charge in [-0.25, -0.2) is 0 Å². The molecule has 0 radical (unpaired) electrons. The van der Waals surface area contributed by atoms with Gasteiger partial charge in [0.05, 0.1) is 11.4 Å². The Morgan fingerprint density at radius 1 is 0.481 bits per heavy atom. The number of hydrogen-bond donors (Lipinski definition) is 2.